The van der Waals surface area contributed by atoms with E-state index in [2.05, 4.69) is 0 Å². The summed E-state index contributed by atoms with van der Waals surface area (Å²) in [6.07, 6.45) is 1.66. The first-order valence-electron chi connectivity index (χ1n) is 5.95. The quantitative estimate of drug-likeness (QED) is 0.874. The summed E-state index contributed by atoms with van der Waals surface area (Å²) in [5, 5.41) is 0. The lowest BCUT2D eigenvalue weighted by Crippen LogP contribution is -2.48. The number of amides is 1. The first-order chi connectivity index (χ1) is 8.65. The van der Waals surface area contributed by atoms with Gasteiger partial charge in [-0.05, 0) is 12.8 Å². The average Bonchev–Trinajstić information content (AvgIpc) is 2.41. The highest BCUT2D eigenvalue weighted by molar-refractivity contribution is 5.98. The van der Waals surface area contributed by atoms with Gasteiger partial charge in [-0.15, -0.1) is 0 Å². The summed E-state index contributed by atoms with van der Waals surface area (Å²) >= 11 is 0. The maximum Gasteiger partial charge on any atom is 0.243 e. The molecule has 1 saturated heterocycles. The molecule has 0 radical (unpaired) electrons. The molecule has 18 heavy (non-hydrogen) atoms. The Morgan fingerprint density at radius 2 is 1.83 bits per heavy atom. The number of anilines is 1. The molecule has 5 nitrogen and oxygen atoms in total. The van der Waals surface area contributed by atoms with Crippen molar-refractivity contribution in [3.8, 4) is 11.5 Å². The molecule has 0 aliphatic carbocycles. The van der Waals surface area contributed by atoms with Crippen LogP contribution < -0.4 is 20.1 Å². The van der Waals surface area contributed by atoms with E-state index in [9.17, 15) is 4.79 Å². The summed E-state index contributed by atoms with van der Waals surface area (Å²) in [5.41, 5.74) is 6.56. The van der Waals surface area contributed by atoms with E-state index in [1.54, 1.807) is 25.2 Å². The topological polar surface area (TPSA) is 64.8 Å². The summed E-state index contributed by atoms with van der Waals surface area (Å²) in [5.74, 6) is 1.28. The van der Waals surface area contributed by atoms with Crippen LogP contribution in [-0.4, -0.2) is 32.7 Å². The molecule has 2 rings (SSSR count). The predicted octanol–water partition coefficient (Wildman–Crippen LogP) is 1.16. The molecular weight excluding hydrogens is 232 g/mol. The molecule has 2 N–H and O–H groups in total. The molecule has 0 aromatic heterocycles. The fourth-order valence-electron chi connectivity index (χ4n) is 2.11. The summed E-state index contributed by atoms with van der Waals surface area (Å²) in [6, 6.07) is 5.00. The van der Waals surface area contributed by atoms with Crippen LogP contribution >= 0.6 is 0 Å². The second-order valence-corrected chi connectivity index (χ2v) is 4.31. The number of piperidine rings is 1. The Balaban J connectivity index is 2.34. The smallest absolute Gasteiger partial charge is 0.243 e. The van der Waals surface area contributed by atoms with Gasteiger partial charge < -0.3 is 20.1 Å². The van der Waals surface area contributed by atoms with Gasteiger partial charge in [0.1, 0.15) is 11.5 Å². The minimum atomic E-state index is -0.407. The Labute approximate surface area is 106 Å². The zero-order valence-electron chi connectivity index (χ0n) is 10.7. The van der Waals surface area contributed by atoms with E-state index in [1.807, 2.05) is 12.1 Å². The van der Waals surface area contributed by atoms with Crippen LogP contribution in [0, 0.1) is 0 Å². The van der Waals surface area contributed by atoms with Crippen LogP contribution in [-0.2, 0) is 4.79 Å². The van der Waals surface area contributed by atoms with E-state index in [4.69, 9.17) is 15.2 Å². The number of benzene rings is 1. The van der Waals surface area contributed by atoms with Crippen molar-refractivity contribution in [2.45, 2.75) is 18.9 Å². The van der Waals surface area contributed by atoms with Crippen molar-refractivity contribution in [2.24, 2.45) is 5.73 Å². The Morgan fingerprint density at radius 1 is 1.22 bits per heavy atom. The number of nitrogens with zero attached hydrogens (tertiary/aromatic N) is 1. The molecule has 1 aliphatic heterocycles. The summed E-state index contributed by atoms with van der Waals surface area (Å²) in [7, 11) is 3.17. The number of methoxy groups -OCH3 is 2. The van der Waals surface area contributed by atoms with Crippen LogP contribution in [0.3, 0.4) is 0 Å². The van der Waals surface area contributed by atoms with Gasteiger partial charge in [0.05, 0.1) is 25.9 Å². The second-order valence-electron chi connectivity index (χ2n) is 4.31. The number of hydrogen-bond donors (Lipinski definition) is 1. The minimum absolute atomic E-state index is 0.0449. The van der Waals surface area contributed by atoms with E-state index in [-0.39, 0.29) is 5.91 Å². The van der Waals surface area contributed by atoms with Crippen molar-refractivity contribution < 1.29 is 14.3 Å². The van der Waals surface area contributed by atoms with Crippen molar-refractivity contribution in [3.05, 3.63) is 18.2 Å². The fraction of sp³-hybridized carbons (Fsp3) is 0.462. The number of rotatable bonds is 3. The number of hydrogen-bond acceptors (Lipinski definition) is 4. The second kappa shape index (κ2) is 5.27. The first kappa shape index (κ1) is 12.7. The maximum atomic E-state index is 12.0. The van der Waals surface area contributed by atoms with Crippen LogP contribution in [0.25, 0.3) is 0 Å². The molecule has 1 aliphatic rings. The van der Waals surface area contributed by atoms with E-state index in [0.717, 1.165) is 18.5 Å². The van der Waals surface area contributed by atoms with E-state index in [0.29, 0.717) is 18.0 Å². The van der Waals surface area contributed by atoms with Crippen LogP contribution in [0.1, 0.15) is 12.8 Å². The molecule has 0 saturated carbocycles. The van der Waals surface area contributed by atoms with Gasteiger partial charge >= 0.3 is 0 Å². The molecule has 1 heterocycles. The van der Waals surface area contributed by atoms with Crippen LogP contribution in [0.15, 0.2) is 18.2 Å². The number of ether oxygens (including phenoxy) is 2. The van der Waals surface area contributed by atoms with Gasteiger partial charge in [0, 0.05) is 24.7 Å². The van der Waals surface area contributed by atoms with Gasteiger partial charge in [-0.1, -0.05) is 0 Å². The number of carbonyl (C=O) groups is 1. The molecule has 1 fully saturated rings. The Kier molecular flexibility index (Phi) is 3.72. The third-order valence-electron chi connectivity index (χ3n) is 3.13. The summed E-state index contributed by atoms with van der Waals surface area (Å²) in [6.45, 7) is 0.683. The Morgan fingerprint density at radius 3 is 2.39 bits per heavy atom. The number of carbonyl (C=O) groups excluding carboxylic acids is 1. The van der Waals surface area contributed by atoms with Gasteiger partial charge in [-0.25, -0.2) is 0 Å². The lowest BCUT2D eigenvalue weighted by molar-refractivity contribution is -0.120. The molecule has 98 valence electrons. The lowest BCUT2D eigenvalue weighted by atomic mass is 10.0. The molecule has 1 amide bonds. The molecule has 1 aromatic rings. The van der Waals surface area contributed by atoms with E-state index >= 15 is 0 Å². The van der Waals surface area contributed by atoms with Gasteiger partial charge in [0.2, 0.25) is 5.91 Å². The van der Waals surface area contributed by atoms with Crippen molar-refractivity contribution in [1.29, 1.82) is 0 Å². The van der Waals surface area contributed by atoms with Gasteiger partial charge in [-0.3, -0.25) is 4.79 Å². The lowest BCUT2D eigenvalue weighted by Gasteiger charge is -2.30. The molecule has 0 spiro atoms. The van der Waals surface area contributed by atoms with Crippen LogP contribution in [0.2, 0.25) is 0 Å². The summed E-state index contributed by atoms with van der Waals surface area (Å²) in [4.78, 5) is 13.7. The van der Waals surface area contributed by atoms with Crippen molar-refractivity contribution in [3.63, 3.8) is 0 Å². The normalized spacial score (nSPS) is 19.8. The monoisotopic (exact) mass is 250 g/mol. The van der Waals surface area contributed by atoms with Crippen molar-refractivity contribution in [2.75, 3.05) is 25.7 Å². The Hall–Kier alpha value is -1.75. The molecular formula is C13H18N2O3. The standard InChI is InChI=1S/C13H18N2O3/c1-17-10-6-9(7-11(8-10)18-2)15-5-3-4-12(14)13(15)16/h6-8,12H,3-5,14H2,1-2H3. The summed E-state index contributed by atoms with van der Waals surface area (Å²) < 4.78 is 10.4. The third-order valence-corrected chi connectivity index (χ3v) is 3.13. The zero-order chi connectivity index (χ0) is 13.1. The van der Waals surface area contributed by atoms with Gasteiger partial charge in [0.25, 0.3) is 0 Å². The SMILES string of the molecule is COc1cc(OC)cc(N2CCCC(N)C2=O)c1. The van der Waals surface area contributed by atoms with Gasteiger partial charge in [0.15, 0.2) is 0 Å². The Bertz CT molecular complexity index is 426. The van der Waals surface area contributed by atoms with Crippen LogP contribution in [0.4, 0.5) is 5.69 Å². The minimum Gasteiger partial charge on any atom is -0.497 e. The molecule has 1 aromatic carbocycles. The maximum absolute atomic E-state index is 12.0. The highest BCUT2D eigenvalue weighted by atomic mass is 16.5. The predicted molar refractivity (Wildman–Crippen MR) is 69.1 cm³/mol. The third kappa shape index (κ3) is 2.41. The van der Waals surface area contributed by atoms with Gasteiger partial charge in [-0.2, -0.15) is 0 Å². The number of nitrogens with two attached hydrogens (primary N) is 1. The van der Waals surface area contributed by atoms with Crippen LogP contribution in [0.5, 0.6) is 11.5 Å². The first-order valence-corrected chi connectivity index (χ1v) is 5.95. The highest BCUT2D eigenvalue weighted by Gasteiger charge is 2.27. The van der Waals surface area contributed by atoms with Crippen molar-refractivity contribution >= 4 is 11.6 Å². The average molecular weight is 250 g/mol. The van der Waals surface area contributed by atoms with Crippen molar-refractivity contribution in [1.82, 2.24) is 0 Å². The van der Waals surface area contributed by atoms with E-state index in [1.165, 1.54) is 0 Å². The zero-order valence-corrected chi connectivity index (χ0v) is 10.7. The van der Waals surface area contributed by atoms with E-state index < -0.39 is 6.04 Å². The molecule has 1 atom stereocenters. The molecule has 0 bridgehead atoms. The fourth-order valence-corrected chi connectivity index (χ4v) is 2.11. The largest absolute Gasteiger partial charge is 0.497 e. The molecule has 1 unspecified atom stereocenters. The highest BCUT2D eigenvalue weighted by Crippen LogP contribution is 2.30. The molecule has 5 heteroatoms.